The van der Waals surface area contributed by atoms with Crippen LogP contribution >= 0.6 is 0 Å². The zero-order valence-electron chi connectivity index (χ0n) is 16.8. The molecule has 0 saturated heterocycles. The number of rotatable bonds is 12. The largest absolute Gasteiger partial charge is 0.131 e. The van der Waals surface area contributed by atoms with Crippen LogP contribution in [0, 0.1) is 0 Å². The van der Waals surface area contributed by atoms with E-state index in [1.807, 2.05) is 0 Å². The Balaban J connectivity index is 2.43. The second-order valence-corrected chi connectivity index (χ2v) is 8.85. The van der Waals surface area contributed by atoms with Crippen LogP contribution in [0.15, 0.2) is 0 Å². The molecule has 0 nitrogen and oxygen atoms in total. The van der Waals surface area contributed by atoms with E-state index in [4.69, 9.17) is 0 Å². The van der Waals surface area contributed by atoms with E-state index in [0.29, 0.717) is 5.31 Å². The molecule has 0 heterocycles. The molecule has 0 radical (unpaired) electrons. The van der Waals surface area contributed by atoms with Crippen LogP contribution in [-0.2, 0) is 0 Å². The fraction of sp³-hybridized carbons (Fsp3) is 1.00. The van der Waals surface area contributed by atoms with Gasteiger partial charge in [-0.1, -0.05) is 141 Å². The predicted molar refractivity (Wildman–Crippen MR) is 109 cm³/mol. The Hall–Kier alpha value is 0.0649. The van der Waals surface area contributed by atoms with Gasteiger partial charge in [-0.15, -0.1) is 0 Å². The third-order valence-electron chi connectivity index (χ3n) is 6.27. The zero-order valence-corrected chi connectivity index (χ0v) is 16.8. The molecule has 1 fully saturated rings. The van der Waals surface area contributed by atoms with Gasteiger partial charge in [-0.3, -0.25) is 0 Å². The predicted octanol–water partition coefficient (Wildman–Crippen LogP) is 8.08. The van der Waals surface area contributed by atoms with Crippen LogP contribution < -0.4 is 0 Å². The van der Waals surface area contributed by atoms with Crippen LogP contribution in [0.1, 0.15) is 130 Å². The summed E-state index contributed by atoms with van der Waals surface area (Å²) in [5.41, 5.74) is 0. The van der Waals surface area contributed by atoms with Crippen LogP contribution in [0.3, 0.4) is 0 Å². The van der Waals surface area contributed by atoms with Crippen LogP contribution in [0.4, 0.5) is 0 Å². The van der Waals surface area contributed by atoms with Crippen molar-refractivity contribution in [3.05, 3.63) is 0 Å². The third kappa shape index (κ3) is 10.5. The van der Waals surface area contributed by atoms with Crippen LogP contribution in [0.5, 0.6) is 0 Å². The monoisotopic (exact) mass is 320 g/mol. The molecule has 0 aromatic heterocycles. The Morgan fingerprint density at radius 1 is 0.696 bits per heavy atom. The lowest BCUT2D eigenvalue weighted by atomic mass is 9.42. The molecular weight excluding hydrogens is 275 g/mol. The van der Waals surface area contributed by atoms with Gasteiger partial charge in [0.05, 0.1) is 0 Å². The molecule has 0 spiro atoms. The van der Waals surface area contributed by atoms with E-state index >= 15 is 0 Å². The molecule has 0 aliphatic heterocycles. The zero-order chi connectivity index (χ0) is 16.8. The molecule has 1 rings (SSSR count). The molecule has 0 aromatic carbocycles. The molecule has 1 aliphatic rings. The van der Waals surface area contributed by atoms with Crippen LogP contribution in [-0.4, -0.2) is 7.28 Å². The van der Waals surface area contributed by atoms with Gasteiger partial charge in [-0.05, 0) is 0 Å². The number of hydrogen-bond acceptors (Lipinski definition) is 0. The highest BCUT2D eigenvalue weighted by molar-refractivity contribution is 6.41. The summed E-state index contributed by atoms with van der Waals surface area (Å²) in [7, 11) is 1.53. The van der Waals surface area contributed by atoms with Crippen molar-refractivity contribution >= 4 is 7.28 Å². The van der Waals surface area contributed by atoms with E-state index in [1.54, 1.807) is 0 Å². The number of hydrogen-bond donors (Lipinski definition) is 0. The molecule has 1 heteroatoms. The van der Waals surface area contributed by atoms with Crippen molar-refractivity contribution < 1.29 is 0 Å². The molecule has 0 N–H and O–H groups in total. The van der Waals surface area contributed by atoms with Crippen molar-refractivity contribution in [1.29, 1.82) is 0 Å². The van der Waals surface area contributed by atoms with Gasteiger partial charge >= 0.3 is 0 Å². The normalized spacial score (nSPS) is 19.8. The van der Waals surface area contributed by atoms with Crippen molar-refractivity contribution in [3.63, 3.8) is 0 Å². The van der Waals surface area contributed by atoms with Gasteiger partial charge in [0.2, 0.25) is 0 Å². The summed E-state index contributed by atoms with van der Waals surface area (Å²) >= 11 is 0. The smallest absolute Gasteiger partial charge is 0.0666 e. The highest BCUT2D eigenvalue weighted by Crippen LogP contribution is 2.43. The quantitative estimate of drug-likeness (QED) is 0.252. The van der Waals surface area contributed by atoms with Gasteiger partial charge in [-0.25, -0.2) is 0 Å². The standard InChI is InChI=1S/C22H45B/c1-4-6-8-12-16-20-22(3,19-15-7-5-2)23-21-17-13-10-9-11-14-18-21/h21,23H,4-20H2,1-3H3. The Kier molecular flexibility index (Phi) is 12.3. The highest BCUT2D eigenvalue weighted by atomic mass is 14.2. The van der Waals surface area contributed by atoms with Crippen molar-refractivity contribution in [2.24, 2.45) is 0 Å². The fourth-order valence-electron chi connectivity index (χ4n) is 4.73. The van der Waals surface area contributed by atoms with E-state index in [1.165, 1.54) is 116 Å². The van der Waals surface area contributed by atoms with Crippen LogP contribution in [0.25, 0.3) is 0 Å². The molecule has 136 valence electrons. The summed E-state index contributed by atoms with van der Waals surface area (Å²) in [6, 6.07) is 0. The Bertz CT molecular complexity index is 255. The first-order valence-electron chi connectivity index (χ1n) is 11.2. The molecule has 0 bridgehead atoms. The first-order chi connectivity index (χ1) is 11.2. The Morgan fingerprint density at radius 3 is 1.78 bits per heavy atom. The van der Waals surface area contributed by atoms with Crippen molar-refractivity contribution in [1.82, 2.24) is 0 Å². The Morgan fingerprint density at radius 2 is 1.17 bits per heavy atom. The molecule has 1 atom stereocenters. The highest BCUT2D eigenvalue weighted by Gasteiger charge is 2.29. The van der Waals surface area contributed by atoms with Gasteiger partial charge in [-0.2, -0.15) is 0 Å². The second kappa shape index (κ2) is 13.4. The summed E-state index contributed by atoms with van der Waals surface area (Å²) in [4.78, 5) is 0. The average molecular weight is 320 g/mol. The minimum Gasteiger partial charge on any atom is -0.0666 e. The lowest BCUT2D eigenvalue weighted by Crippen LogP contribution is -2.22. The van der Waals surface area contributed by atoms with E-state index in [2.05, 4.69) is 20.8 Å². The summed E-state index contributed by atoms with van der Waals surface area (Å²) < 4.78 is 0. The molecule has 0 amide bonds. The van der Waals surface area contributed by atoms with Gasteiger partial charge in [0.25, 0.3) is 0 Å². The van der Waals surface area contributed by atoms with Gasteiger partial charge in [0.15, 0.2) is 0 Å². The summed E-state index contributed by atoms with van der Waals surface area (Å²) in [5, 5.41) is 0.644. The van der Waals surface area contributed by atoms with Gasteiger partial charge < -0.3 is 0 Å². The summed E-state index contributed by atoms with van der Waals surface area (Å²) in [6.07, 6.45) is 25.1. The molecule has 1 aliphatic carbocycles. The maximum atomic E-state index is 2.64. The lowest BCUT2D eigenvalue weighted by Gasteiger charge is -2.34. The van der Waals surface area contributed by atoms with Gasteiger partial charge in [0, 0.05) is 0 Å². The maximum absolute atomic E-state index is 2.64. The first kappa shape index (κ1) is 21.1. The Labute approximate surface area is 148 Å². The molecular formula is C22H45B. The summed E-state index contributed by atoms with van der Waals surface area (Å²) in [6.45, 7) is 7.31. The van der Waals surface area contributed by atoms with Gasteiger partial charge in [0.1, 0.15) is 7.28 Å². The molecule has 1 saturated carbocycles. The SMILES string of the molecule is CCCCCCCC(C)(BC1CCCCCCC1)CCCCC. The average Bonchev–Trinajstić information content (AvgIpc) is 2.50. The molecule has 1 unspecified atom stereocenters. The van der Waals surface area contributed by atoms with E-state index in [-0.39, 0.29) is 0 Å². The first-order valence-corrected chi connectivity index (χ1v) is 11.2. The number of unbranched alkanes of at least 4 members (excludes halogenated alkanes) is 6. The van der Waals surface area contributed by atoms with E-state index in [0.717, 1.165) is 5.82 Å². The molecule has 23 heavy (non-hydrogen) atoms. The maximum Gasteiger partial charge on any atom is 0.131 e. The van der Waals surface area contributed by atoms with Crippen molar-refractivity contribution in [2.45, 2.75) is 141 Å². The van der Waals surface area contributed by atoms with E-state index < -0.39 is 0 Å². The minimum absolute atomic E-state index is 0.644. The van der Waals surface area contributed by atoms with Crippen molar-refractivity contribution in [2.75, 3.05) is 0 Å². The molecule has 0 aromatic rings. The van der Waals surface area contributed by atoms with Crippen molar-refractivity contribution in [3.8, 4) is 0 Å². The van der Waals surface area contributed by atoms with Crippen LogP contribution in [0.2, 0.25) is 11.1 Å². The topological polar surface area (TPSA) is 0 Å². The lowest BCUT2D eigenvalue weighted by molar-refractivity contribution is 0.434. The second-order valence-electron chi connectivity index (χ2n) is 8.85. The fourth-order valence-corrected chi connectivity index (χ4v) is 4.73. The summed E-state index contributed by atoms with van der Waals surface area (Å²) in [5.74, 6) is 1.04. The van der Waals surface area contributed by atoms with E-state index in [9.17, 15) is 0 Å². The minimum atomic E-state index is 0.644. The third-order valence-corrected chi connectivity index (χ3v) is 6.27.